The topological polar surface area (TPSA) is 32.3 Å². The van der Waals surface area contributed by atoms with Crippen LogP contribution in [0.4, 0.5) is 13.2 Å². The summed E-state index contributed by atoms with van der Waals surface area (Å²) in [4.78, 5) is 16.2. The molecule has 3 rings (SSSR count). The van der Waals surface area contributed by atoms with Crippen molar-refractivity contribution in [2.45, 2.75) is 18.6 Å². The van der Waals surface area contributed by atoms with E-state index in [4.69, 9.17) is 0 Å². The molecule has 8 heteroatoms. The molecule has 1 atom stereocenters. The minimum atomic E-state index is -4.38. The van der Waals surface area contributed by atoms with E-state index in [0.717, 1.165) is 16.9 Å². The lowest BCUT2D eigenvalue weighted by molar-refractivity contribution is -0.139. The molecule has 0 saturated carbocycles. The summed E-state index contributed by atoms with van der Waals surface area (Å²) in [5.74, 6) is -0.595. The predicted octanol–water partition coefficient (Wildman–Crippen LogP) is 3.44. The van der Waals surface area contributed by atoms with Crippen LogP contribution in [-0.2, 0) is 11.2 Å². The number of fused-ring (bicyclic) bond motifs is 1. The Bertz CT molecular complexity index is 667. The van der Waals surface area contributed by atoms with E-state index in [2.05, 4.69) is 0 Å². The van der Waals surface area contributed by atoms with Gasteiger partial charge in [0.15, 0.2) is 0 Å². The predicted molar refractivity (Wildman–Crippen MR) is 84.8 cm³/mol. The van der Waals surface area contributed by atoms with Crippen LogP contribution >= 0.6 is 22.7 Å². The summed E-state index contributed by atoms with van der Waals surface area (Å²) in [7, 11) is 0. The van der Waals surface area contributed by atoms with Crippen LogP contribution in [0.3, 0.4) is 0 Å². The Labute approximate surface area is 139 Å². The molecule has 0 bridgehead atoms. The fourth-order valence-corrected chi connectivity index (χ4v) is 4.54. The van der Waals surface area contributed by atoms with Gasteiger partial charge in [0.05, 0.1) is 12.6 Å². The standard InChI is InChI=1S/C15H15F3N2OS2/c16-15(17,18)9-19-13(21)8-20-5-3-11-10(4-7-23-11)14(20)12-2-1-6-22-12/h1-2,4,6-7,14H,3,5,8-9H2,(H,19,21)/t14-/m0/s1. The second-order valence-corrected chi connectivity index (χ2v) is 7.31. The molecule has 0 unspecified atom stereocenters. The molecule has 1 amide bonds. The first-order valence-corrected chi connectivity index (χ1v) is 8.87. The van der Waals surface area contributed by atoms with Crippen LogP contribution in [0.1, 0.15) is 21.4 Å². The average Bonchev–Trinajstić information content (AvgIpc) is 3.15. The highest BCUT2D eigenvalue weighted by Crippen LogP contribution is 2.39. The summed E-state index contributed by atoms with van der Waals surface area (Å²) >= 11 is 3.29. The number of hydrogen-bond donors (Lipinski definition) is 1. The van der Waals surface area contributed by atoms with Crippen LogP contribution in [0.15, 0.2) is 29.0 Å². The van der Waals surface area contributed by atoms with Gasteiger partial charge in [-0.2, -0.15) is 13.2 Å². The van der Waals surface area contributed by atoms with Crippen molar-refractivity contribution in [1.29, 1.82) is 0 Å². The maximum absolute atomic E-state index is 12.2. The molecule has 0 spiro atoms. The summed E-state index contributed by atoms with van der Waals surface area (Å²) in [5.41, 5.74) is 1.16. The zero-order chi connectivity index (χ0) is 16.4. The quantitative estimate of drug-likeness (QED) is 0.906. The third-order valence-electron chi connectivity index (χ3n) is 3.71. The van der Waals surface area contributed by atoms with E-state index in [1.807, 2.05) is 39.2 Å². The molecule has 0 aromatic carbocycles. The molecule has 2 aromatic rings. The average molecular weight is 360 g/mol. The van der Waals surface area contributed by atoms with Crippen LogP contribution < -0.4 is 5.32 Å². The maximum atomic E-state index is 12.2. The Balaban J connectivity index is 1.75. The van der Waals surface area contributed by atoms with E-state index >= 15 is 0 Å². The molecular weight excluding hydrogens is 345 g/mol. The molecule has 1 aliphatic rings. The largest absolute Gasteiger partial charge is 0.405 e. The van der Waals surface area contributed by atoms with Gasteiger partial charge < -0.3 is 5.32 Å². The maximum Gasteiger partial charge on any atom is 0.405 e. The van der Waals surface area contributed by atoms with Gasteiger partial charge in [0.1, 0.15) is 6.54 Å². The molecule has 23 heavy (non-hydrogen) atoms. The molecule has 0 fully saturated rings. The van der Waals surface area contributed by atoms with Gasteiger partial charge in [0.25, 0.3) is 0 Å². The third-order valence-corrected chi connectivity index (χ3v) is 5.63. The number of carbonyl (C=O) groups excluding carboxylic acids is 1. The van der Waals surface area contributed by atoms with Gasteiger partial charge in [0, 0.05) is 16.3 Å². The number of carbonyl (C=O) groups is 1. The number of hydrogen-bond acceptors (Lipinski definition) is 4. The van der Waals surface area contributed by atoms with Crippen LogP contribution in [-0.4, -0.2) is 36.6 Å². The number of nitrogens with one attached hydrogen (secondary N) is 1. The normalized spacial score (nSPS) is 18.7. The Morgan fingerprint density at radius 2 is 2.13 bits per heavy atom. The molecular formula is C15H15F3N2OS2. The molecule has 0 aliphatic carbocycles. The van der Waals surface area contributed by atoms with Crippen LogP contribution in [0.25, 0.3) is 0 Å². The molecule has 1 aliphatic heterocycles. The van der Waals surface area contributed by atoms with Crippen molar-refractivity contribution in [3.8, 4) is 0 Å². The lowest BCUT2D eigenvalue weighted by Crippen LogP contribution is -2.44. The van der Waals surface area contributed by atoms with Crippen molar-refractivity contribution in [2.75, 3.05) is 19.6 Å². The first-order chi connectivity index (χ1) is 10.9. The van der Waals surface area contributed by atoms with Gasteiger partial charge in [-0.3, -0.25) is 9.69 Å². The van der Waals surface area contributed by atoms with E-state index in [1.165, 1.54) is 4.88 Å². The SMILES string of the molecule is O=C(CN1CCc2sccc2[C@H]1c1cccs1)NCC(F)(F)F. The lowest BCUT2D eigenvalue weighted by atomic mass is 9.98. The zero-order valence-electron chi connectivity index (χ0n) is 12.1. The zero-order valence-corrected chi connectivity index (χ0v) is 13.7. The summed E-state index contributed by atoms with van der Waals surface area (Å²) in [6, 6.07) is 5.94. The second-order valence-electron chi connectivity index (χ2n) is 5.33. The van der Waals surface area contributed by atoms with Crippen LogP contribution in [0.2, 0.25) is 0 Å². The fourth-order valence-electron chi connectivity index (χ4n) is 2.76. The van der Waals surface area contributed by atoms with Gasteiger partial charge in [-0.25, -0.2) is 0 Å². The first-order valence-electron chi connectivity index (χ1n) is 7.11. The molecule has 3 nitrogen and oxygen atoms in total. The molecule has 3 heterocycles. The monoisotopic (exact) mass is 360 g/mol. The Morgan fingerprint density at radius 1 is 1.30 bits per heavy atom. The molecule has 1 N–H and O–H groups in total. The Hall–Kier alpha value is -1.38. The minimum absolute atomic E-state index is 0.0338. The lowest BCUT2D eigenvalue weighted by Gasteiger charge is -2.34. The molecule has 0 radical (unpaired) electrons. The number of amides is 1. The summed E-state index contributed by atoms with van der Waals surface area (Å²) in [6.45, 7) is -0.656. The number of rotatable bonds is 4. The van der Waals surface area contributed by atoms with Crippen molar-refractivity contribution >= 4 is 28.6 Å². The summed E-state index contributed by atoms with van der Waals surface area (Å²) < 4.78 is 36.7. The fraction of sp³-hybridized carbons (Fsp3) is 0.400. The van der Waals surface area contributed by atoms with Crippen molar-refractivity contribution < 1.29 is 18.0 Å². The number of nitrogens with zero attached hydrogens (tertiary/aromatic N) is 1. The highest BCUT2D eigenvalue weighted by Gasteiger charge is 2.32. The van der Waals surface area contributed by atoms with E-state index in [1.54, 1.807) is 22.7 Å². The van der Waals surface area contributed by atoms with E-state index in [0.29, 0.717) is 6.54 Å². The van der Waals surface area contributed by atoms with E-state index in [9.17, 15) is 18.0 Å². The van der Waals surface area contributed by atoms with Crippen LogP contribution in [0, 0.1) is 0 Å². The van der Waals surface area contributed by atoms with E-state index < -0.39 is 18.6 Å². The minimum Gasteiger partial charge on any atom is -0.346 e. The van der Waals surface area contributed by atoms with Crippen molar-refractivity contribution in [3.05, 3.63) is 44.3 Å². The van der Waals surface area contributed by atoms with Crippen molar-refractivity contribution in [1.82, 2.24) is 10.2 Å². The summed E-state index contributed by atoms with van der Waals surface area (Å²) in [5, 5.41) is 5.95. The van der Waals surface area contributed by atoms with Gasteiger partial charge in [-0.15, -0.1) is 22.7 Å². The van der Waals surface area contributed by atoms with Gasteiger partial charge in [0.2, 0.25) is 5.91 Å². The molecule has 124 valence electrons. The highest BCUT2D eigenvalue weighted by atomic mass is 32.1. The van der Waals surface area contributed by atoms with E-state index in [-0.39, 0.29) is 12.6 Å². The smallest absolute Gasteiger partial charge is 0.346 e. The van der Waals surface area contributed by atoms with Crippen molar-refractivity contribution in [3.63, 3.8) is 0 Å². The van der Waals surface area contributed by atoms with Crippen LogP contribution in [0.5, 0.6) is 0 Å². The molecule has 0 saturated heterocycles. The van der Waals surface area contributed by atoms with Gasteiger partial charge >= 0.3 is 6.18 Å². The molecule has 2 aromatic heterocycles. The highest BCUT2D eigenvalue weighted by molar-refractivity contribution is 7.10. The summed E-state index contributed by atoms with van der Waals surface area (Å²) in [6.07, 6.45) is -3.56. The number of alkyl halides is 3. The van der Waals surface area contributed by atoms with Gasteiger partial charge in [-0.05, 0) is 34.9 Å². The Morgan fingerprint density at radius 3 is 2.83 bits per heavy atom. The van der Waals surface area contributed by atoms with Gasteiger partial charge in [-0.1, -0.05) is 6.07 Å². The number of halogens is 3. The first kappa shape index (κ1) is 16.5. The Kier molecular flexibility index (Phi) is 4.74. The van der Waals surface area contributed by atoms with Crippen molar-refractivity contribution in [2.24, 2.45) is 0 Å². The third kappa shape index (κ3) is 3.94. The second kappa shape index (κ2) is 6.62. The number of thiophene rings is 2.